The molecule has 5 heteroatoms. The third-order valence-electron chi connectivity index (χ3n) is 4.89. The van der Waals surface area contributed by atoms with Crippen molar-refractivity contribution in [1.82, 2.24) is 0 Å². The van der Waals surface area contributed by atoms with E-state index in [1.54, 1.807) is 14.2 Å². The summed E-state index contributed by atoms with van der Waals surface area (Å²) in [7, 11) is 3.77. The maximum absolute atomic E-state index is 10.3. The second-order valence-corrected chi connectivity index (χ2v) is 8.88. The second-order valence-electron chi connectivity index (χ2n) is 6.99. The van der Waals surface area contributed by atoms with Crippen LogP contribution in [0.1, 0.15) is 50.0 Å². The standard InChI is InChI=1S/C22H31O4P/c1-7-22(4,27-21-11-8-15(2)12-18(21)16(3)23)19-13-17(25-6)9-10-20(19)26-14-24-5/h8-13,16,23,27H,7,14H2,1-6H3. The summed E-state index contributed by atoms with van der Waals surface area (Å²) in [6.07, 6.45) is 0.428. The molecule has 0 radical (unpaired) electrons. The van der Waals surface area contributed by atoms with E-state index in [1.807, 2.05) is 19.1 Å². The molecule has 2 aromatic carbocycles. The van der Waals surface area contributed by atoms with Crippen molar-refractivity contribution in [2.75, 3.05) is 21.0 Å². The predicted octanol–water partition coefficient (Wildman–Crippen LogP) is 4.67. The molecular formula is C22H31O4P. The number of aliphatic hydroxyl groups is 1. The Hall–Kier alpha value is -1.61. The lowest BCUT2D eigenvalue weighted by Crippen LogP contribution is -2.22. The number of aryl methyl sites for hydroxylation is 1. The Morgan fingerprint density at radius 3 is 2.48 bits per heavy atom. The van der Waals surface area contributed by atoms with E-state index in [2.05, 4.69) is 45.0 Å². The van der Waals surface area contributed by atoms with Crippen LogP contribution in [0.15, 0.2) is 36.4 Å². The van der Waals surface area contributed by atoms with Crippen molar-refractivity contribution in [3.8, 4) is 11.5 Å². The van der Waals surface area contributed by atoms with Crippen molar-refractivity contribution < 1.29 is 19.3 Å². The highest BCUT2D eigenvalue weighted by molar-refractivity contribution is 7.48. The molecule has 3 atom stereocenters. The van der Waals surface area contributed by atoms with Crippen LogP contribution in [-0.4, -0.2) is 26.1 Å². The molecule has 0 aliphatic heterocycles. The molecule has 148 valence electrons. The smallest absolute Gasteiger partial charge is 0.188 e. The number of methoxy groups -OCH3 is 2. The number of hydrogen-bond acceptors (Lipinski definition) is 4. The Morgan fingerprint density at radius 1 is 1.15 bits per heavy atom. The quantitative estimate of drug-likeness (QED) is 0.499. The Balaban J connectivity index is 2.50. The van der Waals surface area contributed by atoms with E-state index in [4.69, 9.17) is 14.2 Å². The van der Waals surface area contributed by atoms with Gasteiger partial charge in [0.15, 0.2) is 6.79 Å². The molecule has 3 unspecified atom stereocenters. The summed E-state index contributed by atoms with van der Waals surface area (Å²) in [5.74, 6) is 1.61. The summed E-state index contributed by atoms with van der Waals surface area (Å²) in [4.78, 5) is 0. The summed E-state index contributed by atoms with van der Waals surface area (Å²) in [5.41, 5.74) is 3.25. The zero-order valence-corrected chi connectivity index (χ0v) is 18.1. The fraction of sp³-hybridized carbons (Fsp3) is 0.455. The maximum Gasteiger partial charge on any atom is 0.188 e. The van der Waals surface area contributed by atoms with Crippen LogP contribution in [0.2, 0.25) is 0 Å². The summed E-state index contributed by atoms with van der Waals surface area (Å²) < 4.78 is 16.4. The molecule has 2 rings (SSSR count). The average Bonchev–Trinajstić information content (AvgIpc) is 2.67. The van der Waals surface area contributed by atoms with E-state index in [-0.39, 0.29) is 11.9 Å². The average molecular weight is 390 g/mol. The lowest BCUT2D eigenvalue weighted by atomic mass is 9.96. The van der Waals surface area contributed by atoms with Gasteiger partial charge in [-0.15, -0.1) is 0 Å². The van der Waals surface area contributed by atoms with Crippen molar-refractivity contribution >= 4 is 13.9 Å². The molecule has 0 aromatic heterocycles. The first-order valence-corrected chi connectivity index (χ1v) is 10.2. The molecule has 27 heavy (non-hydrogen) atoms. The molecule has 0 amide bonds. The Labute approximate surface area is 164 Å². The van der Waals surface area contributed by atoms with Gasteiger partial charge in [-0.25, -0.2) is 0 Å². The van der Waals surface area contributed by atoms with Crippen LogP contribution in [0.5, 0.6) is 11.5 Å². The van der Waals surface area contributed by atoms with Crippen LogP contribution < -0.4 is 14.8 Å². The topological polar surface area (TPSA) is 47.9 Å². The predicted molar refractivity (Wildman–Crippen MR) is 113 cm³/mol. The fourth-order valence-corrected chi connectivity index (χ4v) is 4.79. The minimum absolute atomic E-state index is 0.156. The van der Waals surface area contributed by atoms with Crippen LogP contribution in [0.4, 0.5) is 0 Å². The molecule has 2 aromatic rings. The molecule has 0 aliphatic carbocycles. The number of aliphatic hydroxyl groups excluding tert-OH is 1. The largest absolute Gasteiger partial charge is 0.497 e. The monoisotopic (exact) mass is 390 g/mol. The van der Waals surface area contributed by atoms with Crippen molar-refractivity contribution in [2.45, 2.75) is 45.4 Å². The van der Waals surface area contributed by atoms with E-state index in [9.17, 15) is 5.11 Å². The van der Waals surface area contributed by atoms with Gasteiger partial charge in [0.1, 0.15) is 11.5 Å². The summed E-state index contributed by atoms with van der Waals surface area (Å²) in [6, 6.07) is 12.2. The summed E-state index contributed by atoms with van der Waals surface area (Å²) in [6.45, 7) is 8.50. The number of hydrogen-bond donors (Lipinski definition) is 1. The zero-order chi connectivity index (χ0) is 20.0. The van der Waals surface area contributed by atoms with E-state index in [0.29, 0.717) is 8.58 Å². The van der Waals surface area contributed by atoms with E-state index >= 15 is 0 Å². The number of ether oxygens (including phenoxy) is 3. The Bertz CT molecular complexity index is 760. The van der Waals surface area contributed by atoms with Gasteiger partial charge < -0.3 is 19.3 Å². The first kappa shape index (κ1) is 21.7. The highest BCUT2D eigenvalue weighted by Gasteiger charge is 2.30. The minimum atomic E-state index is -0.497. The molecule has 1 N–H and O–H groups in total. The molecule has 0 spiro atoms. The third-order valence-corrected chi connectivity index (χ3v) is 6.79. The van der Waals surface area contributed by atoms with Gasteiger partial charge >= 0.3 is 0 Å². The van der Waals surface area contributed by atoms with Gasteiger partial charge in [-0.2, -0.15) is 0 Å². The Kier molecular flexibility index (Phi) is 7.67. The molecule has 0 saturated heterocycles. The normalized spacial score (nSPS) is 14.9. The van der Waals surface area contributed by atoms with Gasteiger partial charge in [0.25, 0.3) is 0 Å². The summed E-state index contributed by atoms with van der Waals surface area (Å²) in [5, 5.41) is 11.3. The first-order valence-electron chi connectivity index (χ1n) is 9.21. The Morgan fingerprint density at radius 2 is 1.89 bits per heavy atom. The van der Waals surface area contributed by atoms with Crippen LogP contribution >= 0.6 is 8.58 Å². The molecular weight excluding hydrogens is 359 g/mol. The number of rotatable bonds is 9. The highest BCUT2D eigenvalue weighted by atomic mass is 31.1. The van der Waals surface area contributed by atoms with Gasteiger partial charge in [0.2, 0.25) is 0 Å². The van der Waals surface area contributed by atoms with E-state index in [1.165, 1.54) is 5.30 Å². The summed E-state index contributed by atoms with van der Waals surface area (Å²) >= 11 is 0. The minimum Gasteiger partial charge on any atom is -0.497 e. The highest BCUT2D eigenvalue weighted by Crippen LogP contribution is 2.49. The van der Waals surface area contributed by atoms with E-state index in [0.717, 1.165) is 34.6 Å². The molecule has 0 bridgehead atoms. The van der Waals surface area contributed by atoms with Gasteiger partial charge in [0.05, 0.1) is 13.2 Å². The maximum atomic E-state index is 10.3. The van der Waals surface area contributed by atoms with Crippen molar-refractivity contribution in [3.05, 3.63) is 53.1 Å². The SMILES string of the molecule is CCC(C)(Pc1ccc(C)cc1C(C)O)c1cc(OC)ccc1OCOC. The number of benzene rings is 2. The zero-order valence-electron chi connectivity index (χ0n) is 17.1. The van der Waals surface area contributed by atoms with Gasteiger partial charge in [-0.1, -0.05) is 46.2 Å². The van der Waals surface area contributed by atoms with E-state index < -0.39 is 6.10 Å². The first-order chi connectivity index (χ1) is 12.8. The van der Waals surface area contributed by atoms with Crippen LogP contribution in [0, 0.1) is 6.92 Å². The van der Waals surface area contributed by atoms with Crippen molar-refractivity contribution in [3.63, 3.8) is 0 Å². The van der Waals surface area contributed by atoms with Gasteiger partial charge in [-0.05, 0) is 49.3 Å². The fourth-order valence-electron chi connectivity index (χ4n) is 3.10. The second kappa shape index (κ2) is 9.54. The molecule has 0 saturated carbocycles. The van der Waals surface area contributed by atoms with Gasteiger partial charge in [0, 0.05) is 17.8 Å². The van der Waals surface area contributed by atoms with Crippen molar-refractivity contribution in [1.29, 1.82) is 0 Å². The molecule has 0 aliphatic rings. The molecule has 0 heterocycles. The van der Waals surface area contributed by atoms with Gasteiger partial charge in [-0.3, -0.25) is 0 Å². The molecule has 4 nitrogen and oxygen atoms in total. The lowest BCUT2D eigenvalue weighted by Gasteiger charge is -2.32. The lowest BCUT2D eigenvalue weighted by molar-refractivity contribution is 0.0500. The molecule has 0 fully saturated rings. The van der Waals surface area contributed by atoms with Crippen LogP contribution in [-0.2, 0) is 9.89 Å². The third kappa shape index (κ3) is 5.22. The van der Waals surface area contributed by atoms with Crippen molar-refractivity contribution in [2.24, 2.45) is 0 Å². The van der Waals surface area contributed by atoms with Crippen LogP contribution in [0.3, 0.4) is 0 Å². The van der Waals surface area contributed by atoms with Crippen LogP contribution in [0.25, 0.3) is 0 Å².